The number of aliphatic hydroxyl groups excluding tert-OH is 1. The molecule has 0 spiro atoms. The van der Waals surface area contributed by atoms with Crippen LogP contribution in [0.25, 0.3) is 16.1 Å². The monoisotopic (exact) mass is 1130 g/mol. The number of nitrogens with one attached hydrogen (secondary N) is 1. The lowest BCUT2D eigenvalue weighted by Gasteiger charge is -2.44. The van der Waals surface area contributed by atoms with E-state index in [1.54, 1.807) is 40.5 Å². The van der Waals surface area contributed by atoms with Gasteiger partial charge in [0.05, 0.1) is 39.8 Å². The molecule has 434 valence electrons. The average molecular weight is 1130 g/mol. The highest BCUT2D eigenvalue weighted by Crippen LogP contribution is 2.39. The molecular weight excluding hydrogens is 1050 g/mol. The molecule has 4 amide bonds. The third kappa shape index (κ3) is 12.9. The normalized spacial score (nSPS) is 23.0. The predicted molar refractivity (Wildman–Crippen MR) is 313 cm³/mol. The number of carbonyl (C=O) groups is 3. The van der Waals surface area contributed by atoms with Gasteiger partial charge in [0.15, 0.2) is 0 Å². The number of benzene rings is 2. The zero-order chi connectivity index (χ0) is 56.9. The Labute approximate surface area is 479 Å². The number of para-hydroxylation sites is 1. The SMILES string of the molecule is Cc1ncsc1-c1ccc(C(C)NC(=O)C2CCCN2C(=O)C(C(C)C)C2CC(N3CCN(C(=O)N4CCC(O)CC4)CC3)=NO2)cc1.NC(N)=C(/C=C(\N)c1ccccc1O)N1CC2CCC(C1)N2c1ccnc(OC2CCC2)c1. The molecule has 6 unspecified atom stereocenters. The lowest BCUT2D eigenvalue weighted by Crippen LogP contribution is -2.55. The fourth-order valence-corrected chi connectivity index (χ4v) is 13.4. The molecule has 5 saturated heterocycles. The number of oxime groups is 1. The van der Waals surface area contributed by atoms with Crippen molar-refractivity contribution in [2.24, 2.45) is 34.2 Å². The molecule has 81 heavy (non-hydrogen) atoms. The first-order valence-corrected chi connectivity index (χ1v) is 30.0. The number of piperazine rings is 2. The van der Waals surface area contributed by atoms with Crippen LogP contribution in [0.2, 0.25) is 0 Å². The summed E-state index contributed by atoms with van der Waals surface area (Å²) in [6, 6.07) is 19.3. The summed E-state index contributed by atoms with van der Waals surface area (Å²) >= 11 is 1.62. The number of aliphatic hydroxyl groups is 1. The van der Waals surface area contributed by atoms with Gasteiger partial charge in [0.25, 0.3) is 0 Å². The number of piperidine rings is 1. The number of aromatic nitrogens is 2. The highest BCUT2D eigenvalue weighted by atomic mass is 32.1. The Kier molecular flexibility index (Phi) is 17.8. The van der Waals surface area contributed by atoms with Crippen LogP contribution in [0.4, 0.5) is 10.5 Å². The van der Waals surface area contributed by atoms with E-state index in [9.17, 15) is 24.6 Å². The molecule has 20 nitrogen and oxygen atoms in total. The first kappa shape index (κ1) is 57.0. The number of phenolic OH excluding ortho intramolecular Hbond substituents is 1. The van der Waals surface area contributed by atoms with Crippen LogP contribution in [0.3, 0.4) is 0 Å². The summed E-state index contributed by atoms with van der Waals surface area (Å²) in [5.74, 6) is 1.26. The van der Waals surface area contributed by atoms with E-state index in [-0.39, 0.29) is 47.5 Å². The standard InChI is InChI=1S/C35H49N7O5S.C25H32N6O2/c1-22(2)31(29-20-30(38-47-29)39-16-18-41(19-17-39)35(46)40-14-11-27(43)12-15-40)34(45)42-13-5-6-28(42)33(44)37-23(3)25-7-9-26(10-8-25)32-24(4)36-21-48-32;26-21(20-6-1-2-7-23(20)32)13-22(25(27)28)30-14-17-8-9-18(15-30)31(17)16-10-11-29-24(12-16)33-19-4-3-5-19/h7-10,21-23,27-29,31,43H,5-6,11-20H2,1-4H3,(H,37,44);1-2,6-7,10-13,17-19,32H,3-5,8-9,14-15,26-28H2/b;21-13-. The number of fused-ring (bicyclic) bond motifs is 2. The van der Waals surface area contributed by atoms with Crippen molar-refractivity contribution < 1.29 is 34.2 Å². The average Bonchev–Trinajstić information content (AvgIpc) is 4.50. The highest BCUT2D eigenvalue weighted by molar-refractivity contribution is 7.13. The number of hydrogen-bond donors (Lipinski definition) is 6. The molecule has 2 aromatic heterocycles. The number of amides is 4. The van der Waals surface area contributed by atoms with Gasteiger partial charge in [-0.2, -0.15) is 0 Å². The van der Waals surface area contributed by atoms with Crippen LogP contribution >= 0.6 is 11.3 Å². The maximum Gasteiger partial charge on any atom is 0.320 e. The second-order valence-electron chi connectivity index (χ2n) is 23.1. The van der Waals surface area contributed by atoms with E-state index in [1.165, 1.54) is 6.42 Å². The fraction of sp³-hybridized carbons (Fsp3) is 0.533. The van der Waals surface area contributed by atoms with Gasteiger partial charge in [-0.15, -0.1) is 11.3 Å². The van der Waals surface area contributed by atoms with E-state index < -0.39 is 18.1 Å². The molecule has 4 aromatic rings. The van der Waals surface area contributed by atoms with Crippen molar-refractivity contribution in [3.8, 4) is 22.1 Å². The quantitative estimate of drug-likeness (QED) is 0.0802. The van der Waals surface area contributed by atoms with Crippen LogP contribution in [-0.4, -0.2) is 164 Å². The van der Waals surface area contributed by atoms with Gasteiger partial charge in [0.2, 0.25) is 17.7 Å². The van der Waals surface area contributed by atoms with Crippen molar-refractivity contribution in [3.63, 3.8) is 0 Å². The Bertz CT molecular complexity index is 2930. The molecule has 7 aliphatic rings. The number of allylic oxidation sites excluding steroid dienone is 1. The number of nitrogens with two attached hydrogens (primary N) is 3. The number of urea groups is 1. The van der Waals surface area contributed by atoms with Crippen molar-refractivity contribution in [1.29, 1.82) is 0 Å². The number of carbonyl (C=O) groups excluding carboxylic acids is 3. The maximum atomic E-state index is 14.1. The summed E-state index contributed by atoms with van der Waals surface area (Å²) < 4.78 is 6.03. The van der Waals surface area contributed by atoms with Gasteiger partial charge >= 0.3 is 6.03 Å². The van der Waals surface area contributed by atoms with E-state index in [0.29, 0.717) is 113 Å². The van der Waals surface area contributed by atoms with E-state index >= 15 is 0 Å². The van der Waals surface area contributed by atoms with Crippen LogP contribution in [0.15, 0.2) is 95.1 Å². The molecule has 21 heteroatoms. The fourth-order valence-electron chi connectivity index (χ4n) is 12.5. The first-order chi connectivity index (χ1) is 39.1. The number of ether oxygens (including phenoxy) is 1. The molecule has 0 radical (unpaired) electrons. The number of rotatable bonds is 13. The predicted octanol–water partition coefficient (Wildman–Crippen LogP) is 6.31. The number of pyridine rings is 1. The van der Waals surface area contributed by atoms with E-state index in [2.05, 4.69) is 59.4 Å². The van der Waals surface area contributed by atoms with Crippen LogP contribution < -0.4 is 32.2 Å². The molecule has 6 aliphatic heterocycles. The minimum atomic E-state index is -0.518. The molecule has 8 heterocycles. The van der Waals surface area contributed by atoms with E-state index in [4.69, 9.17) is 26.8 Å². The third-order valence-electron chi connectivity index (χ3n) is 17.3. The highest BCUT2D eigenvalue weighted by Gasteiger charge is 2.45. The van der Waals surface area contributed by atoms with Gasteiger partial charge in [0, 0.05) is 107 Å². The lowest BCUT2D eigenvalue weighted by atomic mass is 9.86. The van der Waals surface area contributed by atoms with Gasteiger partial charge < -0.3 is 71.7 Å². The number of amidine groups is 1. The van der Waals surface area contributed by atoms with Crippen molar-refractivity contribution in [3.05, 3.63) is 107 Å². The molecular formula is C60H81N13O7S. The summed E-state index contributed by atoms with van der Waals surface area (Å²) in [5, 5.41) is 27.5. The van der Waals surface area contributed by atoms with Crippen LogP contribution in [-0.2, 0) is 14.4 Å². The molecule has 11 rings (SSSR count). The smallest absolute Gasteiger partial charge is 0.320 e. The van der Waals surface area contributed by atoms with Gasteiger partial charge in [-0.05, 0) is 113 Å². The number of likely N-dealkylation sites (tertiary alicyclic amines) is 3. The Hall–Kier alpha value is -7.26. The summed E-state index contributed by atoms with van der Waals surface area (Å²) in [7, 11) is 0. The zero-order valence-electron chi connectivity index (χ0n) is 47.2. The molecule has 1 aliphatic carbocycles. The van der Waals surface area contributed by atoms with Gasteiger partial charge in [-0.1, -0.05) is 55.4 Å². The second-order valence-corrected chi connectivity index (χ2v) is 23.9. The van der Waals surface area contributed by atoms with Gasteiger partial charge in [-0.3, -0.25) is 9.59 Å². The number of thiazole rings is 1. The second kappa shape index (κ2) is 25.3. The number of phenols is 1. The lowest BCUT2D eigenvalue weighted by molar-refractivity contribution is -0.147. The van der Waals surface area contributed by atoms with Crippen LogP contribution in [0.5, 0.6) is 11.6 Å². The summed E-state index contributed by atoms with van der Waals surface area (Å²) in [6.45, 7) is 13.8. The molecule has 9 N–H and O–H groups in total. The largest absolute Gasteiger partial charge is 0.507 e. The molecule has 6 fully saturated rings. The first-order valence-electron chi connectivity index (χ1n) is 29.1. The van der Waals surface area contributed by atoms with Crippen molar-refractivity contribution in [2.45, 2.75) is 134 Å². The molecule has 6 atom stereocenters. The molecule has 2 aromatic carbocycles. The Morgan fingerprint density at radius 1 is 0.827 bits per heavy atom. The van der Waals surface area contributed by atoms with Gasteiger partial charge in [0.1, 0.15) is 35.7 Å². The Balaban J connectivity index is 0.000000194. The van der Waals surface area contributed by atoms with E-state index in [1.807, 2.05) is 67.4 Å². The van der Waals surface area contributed by atoms with Crippen molar-refractivity contribution >= 4 is 46.4 Å². The summed E-state index contributed by atoms with van der Waals surface area (Å²) in [5.41, 5.74) is 26.3. The van der Waals surface area contributed by atoms with Crippen LogP contribution in [0, 0.1) is 18.8 Å². The Morgan fingerprint density at radius 3 is 2.17 bits per heavy atom. The summed E-state index contributed by atoms with van der Waals surface area (Å²) in [4.78, 5) is 68.9. The maximum absolute atomic E-state index is 14.1. The summed E-state index contributed by atoms with van der Waals surface area (Å²) in [6.07, 6.45) is 12.0. The van der Waals surface area contributed by atoms with Gasteiger partial charge in [-0.25, -0.2) is 14.8 Å². The third-order valence-corrected chi connectivity index (χ3v) is 18.3. The zero-order valence-corrected chi connectivity index (χ0v) is 48.1. The number of hydrogen-bond acceptors (Lipinski definition) is 17. The van der Waals surface area contributed by atoms with Crippen LogP contribution in [0.1, 0.15) is 108 Å². The topological polar surface area (TPSA) is 258 Å². The minimum Gasteiger partial charge on any atom is -0.507 e. The number of anilines is 1. The minimum absolute atomic E-state index is 0.00138. The molecule has 2 bridgehead atoms. The van der Waals surface area contributed by atoms with E-state index in [0.717, 1.165) is 78.4 Å². The number of aromatic hydroxyl groups is 1. The van der Waals surface area contributed by atoms with Crippen molar-refractivity contribution in [1.82, 2.24) is 39.8 Å². The molecule has 1 saturated carbocycles. The Morgan fingerprint density at radius 2 is 1.53 bits per heavy atom. The number of aryl methyl sites for hydroxylation is 1. The number of nitrogens with zero attached hydrogens (tertiary/aromatic N) is 9. The van der Waals surface area contributed by atoms with Crippen molar-refractivity contribution in [2.75, 3.05) is 63.8 Å².